The van der Waals surface area contributed by atoms with Crippen LogP contribution in [0.2, 0.25) is 0 Å². The van der Waals surface area contributed by atoms with Gasteiger partial charge < -0.3 is 19.7 Å². The van der Waals surface area contributed by atoms with Gasteiger partial charge in [-0.3, -0.25) is 0 Å². The molecular formula is C23H26N4O2. The summed E-state index contributed by atoms with van der Waals surface area (Å²) in [5.74, 6) is 3.06. The molecule has 0 unspecified atom stereocenters. The van der Waals surface area contributed by atoms with Gasteiger partial charge in [-0.1, -0.05) is 18.2 Å². The van der Waals surface area contributed by atoms with Crippen molar-refractivity contribution >= 4 is 17.5 Å². The predicted molar refractivity (Wildman–Crippen MR) is 116 cm³/mol. The summed E-state index contributed by atoms with van der Waals surface area (Å²) >= 11 is 0. The molecule has 0 bridgehead atoms. The molecule has 2 heterocycles. The first-order valence-corrected chi connectivity index (χ1v) is 9.74. The summed E-state index contributed by atoms with van der Waals surface area (Å²) in [4.78, 5) is 11.5. The Morgan fingerprint density at radius 2 is 1.66 bits per heavy atom. The van der Waals surface area contributed by atoms with Crippen molar-refractivity contribution < 1.29 is 9.47 Å². The van der Waals surface area contributed by atoms with Crippen LogP contribution in [0.15, 0.2) is 42.6 Å². The minimum atomic E-state index is 0.609. The second kappa shape index (κ2) is 7.99. The average Bonchev–Trinajstić information content (AvgIpc) is 2.75. The molecule has 0 atom stereocenters. The monoisotopic (exact) mass is 390 g/mol. The molecule has 0 radical (unpaired) electrons. The van der Waals surface area contributed by atoms with Crippen LogP contribution in [0.5, 0.6) is 11.5 Å². The lowest BCUT2D eigenvalue weighted by Crippen LogP contribution is -2.31. The third kappa shape index (κ3) is 3.83. The van der Waals surface area contributed by atoms with E-state index in [1.165, 1.54) is 22.3 Å². The zero-order valence-electron chi connectivity index (χ0n) is 17.3. The lowest BCUT2D eigenvalue weighted by Gasteiger charge is -2.30. The summed E-state index contributed by atoms with van der Waals surface area (Å²) in [6.07, 6.45) is 2.74. The Hall–Kier alpha value is -3.28. The highest BCUT2D eigenvalue weighted by atomic mass is 16.5. The number of aromatic nitrogens is 2. The number of nitrogens with one attached hydrogen (secondary N) is 1. The van der Waals surface area contributed by atoms with Crippen molar-refractivity contribution in [3.63, 3.8) is 0 Å². The zero-order valence-corrected chi connectivity index (χ0v) is 17.3. The van der Waals surface area contributed by atoms with E-state index < -0.39 is 0 Å². The van der Waals surface area contributed by atoms with Crippen LogP contribution < -0.4 is 19.7 Å². The first kappa shape index (κ1) is 19.1. The normalized spacial score (nSPS) is 13.0. The van der Waals surface area contributed by atoms with Crippen molar-refractivity contribution in [3.05, 3.63) is 64.8 Å². The summed E-state index contributed by atoms with van der Waals surface area (Å²) in [6, 6.07) is 12.3. The van der Waals surface area contributed by atoms with Gasteiger partial charge >= 0.3 is 0 Å². The van der Waals surface area contributed by atoms with Gasteiger partial charge in [-0.15, -0.1) is 0 Å². The van der Waals surface area contributed by atoms with Gasteiger partial charge in [-0.05, 0) is 60.7 Å². The molecule has 6 nitrogen and oxygen atoms in total. The number of hydrogen-bond donors (Lipinski definition) is 1. The number of methoxy groups -OCH3 is 2. The number of ether oxygens (including phenoxy) is 2. The van der Waals surface area contributed by atoms with Crippen LogP contribution in [0.3, 0.4) is 0 Å². The number of rotatable bonds is 5. The van der Waals surface area contributed by atoms with Crippen LogP contribution in [-0.4, -0.2) is 30.7 Å². The molecule has 2 aromatic carbocycles. The van der Waals surface area contributed by atoms with Gasteiger partial charge in [0.2, 0.25) is 5.95 Å². The number of hydrogen-bond acceptors (Lipinski definition) is 6. The molecule has 0 saturated carbocycles. The maximum absolute atomic E-state index is 5.47. The summed E-state index contributed by atoms with van der Waals surface area (Å²) in [7, 11) is 3.34. The van der Waals surface area contributed by atoms with Gasteiger partial charge in [0.1, 0.15) is 5.82 Å². The van der Waals surface area contributed by atoms with Gasteiger partial charge in [0.05, 0.1) is 14.2 Å². The van der Waals surface area contributed by atoms with Gasteiger partial charge in [0.15, 0.2) is 11.5 Å². The Kier molecular flexibility index (Phi) is 5.25. The number of anilines is 3. The minimum absolute atomic E-state index is 0.609. The Morgan fingerprint density at radius 1 is 0.966 bits per heavy atom. The zero-order chi connectivity index (χ0) is 20.4. The van der Waals surface area contributed by atoms with Gasteiger partial charge in [0, 0.05) is 25.0 Å². The fraction of sp³-hybridized carbons (Fsp3) is 0.304. The van der Waals surface area contributed by atoms with Gasteiger partial charge in [-0.2, -0.15) is 4.98 Å². The van der Waals surface area contributed by atoms with Crippen molar-refractivity contribution in [2.45, 2.75) is 26.8 Å². The Balaban J connectivity index is 1.58. The highest BCUT2D eigenvalue weighted by molar-refractivity contribution is 5.63. The number of aryl methyl sites for hydroxylation is 2. The number of para-hydroxylation sites is 1. The van der Waals surface area contributed by atoms with Crippen molar-refractivity contribution in [1.82, 2.24) is 9.97 Å². The predicted octanol–water partition coefficient (Wildman–Crippen LogP) is 4.42. The smallest absolute Gasteiger partial charge is 0.229 e. The standard InChI is InChI=1S/C23H26N4O2/c1-15-6-5-7-16(2)22(15)26-23-24-10-8-21(25-23)27-11-9-17-12-19(28-3)20(29-4)13-18(17)14-27/h5-8,10,12-13H,9,11,14H2,1-4H3,(H,24,25,26). The number of nitrogens with zero attached hydrogens (tertiary/aromatic N) is 3. The Morgan fingerprint density at radius 3 is 2.34 bits per heavy atom. The highest BCUT2D eigenvalue weighted by Crippen LogP contribution is 2.34. The molecule has 150 valence electrons. The van der Waals surface area contributed by atoms with E-state index in [0.29, 0.717) is 5.95 Å². The van der Waals surface area contributed by atoms with Crippen molar-refractivity contribution in [3.8, 4) is 11.5 Å². The van der Waals surface area contributed by atoms with E-state index in [-0.39, 0.29) is 0 Å². The topological polar surface area (TPSA) is 59.5 Å². The lowest BCUT2D eigenvalue weighted by molar-refractivity contribution is 0.353. The Labute approximate surface area is 171 Å². The molecule has 0 amide bonds. The van der Waals surface area contributed by atoms with E-state index in [1.54, 1.807) is 14.2 Å². The molecular weight excluding hydrogens is 364 g/mol. The molecule has 1 aromatic heterocycles. The van der Waals surface area contributed by atoms with Crippen LogP contribution in [0.4, 0.5) is 17.5 Å². The van der Waals surface area contributed by atoms with Crippen LogP contribution in [0, 0.1) is 13.8 Å². The van der Waals surface area contributed by atoms with E-state index >= 15 is 0 Å². The largest absolute Gasteiger partial charge is 0.493 e. The van der Waals surface area contributed by atoms with Crippen LogP contribution in [0.25, 0.3) is 0 Å². The summed E-state index contributed by atoms with van der Waals surface area (Å²) in [6.45, 7) is 5.84. The third-order valence-corrected chi connectivity index (χ3v) is 5.40. The maximum atomic E-state index is 5.47. The molecule has 0 saturated heterocycles. The van der Waals surface area contributed by atoms with E-state index in [9.17, 15) is 0 Å². The van der Waals surface area contributed by atoms with E-state index in [2.05, 4.69) is 59.4 Å². The summed E-state index contributed by atoms with van der Waals surface area (Å²) in [5, 5.41) is 3.39. The summed E-state index contributed by atoms with van der Waals surface area (Å²) < 4.78 is 10.9. The molecule has 1 N–H and O–H groups in total. The van der Waals surface area contributed by atoms with Crippen LogP contribution in [-0.2, 0) is 13.0 Å². The third-order valence-electron chi connectivity index (χ3n) is 5.40. The quantitative estimate of drug-likeness (QED) is 0.696. The summed E-state index contributed by atoms with van der Waals surface area (Å²) in [5.41, 5.74) is 5.93. The number of benzene rings is 2. The molecule has 0 fully saturated rings. The Bertz CT molecular complexity index is 1020. The molecule has 3 aromatic rings. The lowest BCUT2D eigenvalue weighted by atomic mass is 9.99. The SMILES string of the molecule is COc1cc2c(cc1OC)CN(c1ccnc(Nc3c(C)cccc3C)n1)CC2. The van der Waals surface area contributed by atoms with Crippen molar-refractivity contribution in [2.24, 2.45) is 0 Å². The average molecular weight is 390 g/mol. The van der Waals surface area contributed by atoms with Gasteiger partial charge in [0.25, 0.3) is 0 Å². The molecule has 0 spiro atoms. The van der Waals surface area contributed by atoms with Crippen molar-refractivity contribution in [2.75, 3.05) is 31.0 Å². The fourth-order valence-electron chi connectivity index (χ4n) is 3.79. The molecule has 0 aliphatic carbocycles. The molecule has 1 aliphatic rings. The molecule has 4 rings (SSSR count). The van der Waals surface area contributed by atoms with Crippen LogP contribution >= 0.6 is 0 Å². The van der Waals surface area contributed by atoms with E-state index in [0.717, 1.165) is 42.5 Å². The number of fused-ring (bicyclic) bond motifs is 1. The minimum Gasteiger partial charge on any atom is -0.493 e. The molecule has 29 heavy (non-hydrogen) atoms. The molecule has 1 aliphatic heterocycles. The van der Waals surface area contributed by atoms with E-state index in [1.807, 2.05) is 12.3 Å². The first-order chi connectivity index (χ1) is 14.1. The second-order valence-electron chi connectivity index (χ2n) is 7.28. The van der Waals surface area contributed by atoms with E-state index in [4.69, 9.17) is 14.5 Å². The highest BCUT2D eigenvalue weighted by Gasteiger charge is 2.21. The second-order valence-corrected chi connectivity index (χ2v) is 7.28. The van der Waals surface area contributed by atoms with Crippen LogP contribution in [0.1, 0.15) is 22.3 Å². The molecule has 6 heteroatoms. The maximum Gasteiger partial charge on any atom is 0.229 e. The fourth-order valence-corrected chi connectivity index (χ4v) is 3.79. The first-order valence-electron chi connectivity index (χ1n) is 9.74. The van der Waals surface area contributed by atoms with Crippen molar-refractivity contribution in [1.29, 1.82) is 0 Å². The van der Waals surface area contributed by atoms with Gasteiger partial charge in [-0.25, -0.2) is 4.98 Å².